The van der Waals surface area contributed by atoms with Crippen molar-refractivity contribution in [3.8, 4) is 11.5 Å². The zero-order chi connectivity index (χ0) is 16.8. The van der Waals surface area contributed by atoms with E-state index in [1.165, 1.54) is 30.3 Å². The molecular weight excluding hydrogens is 366 g/mol. The predicted octanol–water partition coefficient (Wildman–Crippen LogP) is 3.98. The fraction of sp³-hybridized carbons (Fsp3) is 0.0625. The molecule has 0 atom stereocenters. The van der Waals surface area contributed by atoms with Crippen molar-refractivity contribution in [2.75, 3.05) is 7.11 Å². The third-order valence-electron chi connectivity index (χ3n) is 2.85. The summed E-state index contributed by atoms with van der Waals surface area (Å²) in [4.78, 5) is 21.8. The molecule has 0 amide bonds. The van der Waals surface area contributed by atoms with E-state index in [1.807, 2.05) is 0 Å². The van der Waals surface area contributed by atoms with Crippen LogP contribution in [0.4, 0.5) is 5.69 Å². The highest BCUT2D eigenvalue weighted by Gasteiger charge is 2.06. The summed E-state index contributed by atoms with van der Waals surface area (Å²) in [5.74, 6) is 0.350. The average Bonchev–Trinajstić information content (AvgIpc) is 2.53. The van der Waals surface area contributed by atoms with Gasteiger partial charge in [0, 0.05) is 18.2 Å². The number of ether oxygens (including phenoxy) is 2. The van der Waals surface area contributed by atoms with Crippen molar-refractivity contribution in [2.45, 2.75) is 0 Å². The molecule has 2 rings (SSSR count). The topological polar surface area (TPSA) is 78.7 Å². The van der Waals surface area contributed by atoms with Crippen LogP contribution in [-0.4, -0.2) is 18.0 Å². The smallest absolute Gasteiger partial charge is 0.336 e. The number of hydrogen-bond donors (Lipinski definition) is 0. The standard InChI is InChI=1S/C16H12BrNO5/c1-22-15-8-2-11(10-14(15)17)3-9-16(19)23-13-6-4-12(5-7-13)18(20)21/h2-10H,1H3/b9-3+. The molecule has 2 aromatic rings. The van der Waals surface area contributed by atoms with E-state index >= 15 is 0 Å². The Labute approximate surface area is 140 Å². The van der Waals surface area contributed by atoms with E-state index in [-0.39, 0.29) is 11.4 Å². The maximum atomic E-state index is 11.7. The molecule has 0 radical (unpaired) electrons. The lowest BCUT2D eigenvalue weighted by Crippen LogP contribution is -2.03. The van der Waals surface area contributed by atoms with E-state index < -0.39 is 10.9 Å². The second-order valence-corrected chi connectivity index (χ2v) is 5.25. The molecule has 0 aliphatic rings. The van der Waals surface area contributed by atoms with Crippen molar-refractivity contribution in [2.24, 2.45) is 0 Å². The van der Waals surface area contributed by atoms with Crippen LogP contribution in [0.2, 0.25) is 0 Å². The van der Waals surface area contributed by atoms with Crippen molar-refractivity contribution < 1.29 is 19.2 Å². The zero-order valence-corrected chi connectivity index (χ0v) is 13.6. The number of nitro groups is 1. The molecule has 0 saturated heterocycles. The van der Waals surface area contributed by atoms with Crippen LogP contribution in [0.5, 0.6) is 11.5 Å². The molecule has 0 aliphatic carbocycles. The molecule has 6 nitrogen and oxygen atoms in total. The van der Waals surface area contributed by atoms with Gasteiger partial charge in [-0.15, -0.1) is 0 Å². The summed E-state index contributed by atoms with van der Waals surface area (Å²) in [5.41, 5.74) is 0.724. The van der Waals surface area contributed by atoms with Crippen LogP contribution in [0.15, 0.2) is 53.0 Å². The molecule has 0 saturated carbocycles. The quantitative estimate of drug-likeness (QED) is 0.259. The van der Waals surface area contributed by atoms with Crippen molar-refractivity contribution in [1.82, 2.24) is 0 Å². The van der Waals surface area contributed by atoms with E-state index in [9.17, 15) is 14.9 Å². The van der Waals surface area contributed by atoms with Gasteiger partial charge in [0.15, 0.2) is 0 Å². The van der Waals surface area contributed by atoms with Crippen LogP contribution in [0.1, 0.15) is 5.56 Å². The van der Waals surface area contributed by atoms with E-state index in [1.54, 1.807) is 31.4 Å². The van der Waals surface area contributed by atoms with Crippen molar-refractivity contribution in [1.29, 1.82) is 0 Å². The molecule has 0 aliphatic heterocycles. The summed E-state index contributed by atoms with van der Waals surface area (Å²) in [6.07, 6.45) is 2.87. The third-order valence-corrected chi connectivity index (χ3v) is 3.47. The van der Waals surface area contributed by atoms with Crippen LogP contribution >= 0.6 is 15.9 Å². The molecule has 23 heavy (non-hydrogen) atoms. The van der Waals surface area contributed by atoms with Crippen LogP contribution in [0.3, 0.4) is 0 Å². The Balaban J connectivity index is 2.01. The minimum Gasteiger partial charge on any atom is -0.496 e. The number of carbonyl (C=O) groups is 1. The van der Waals surface area contributed by atoms with Gasteiger partial charge in [-0.3, -0.25) is 10.1 Å². The van der Waals surface area contributed by atoms with E-state index in [0.717, 1.165) is 10.0 Å². The monoisotopic (exact) mass is 377 g/mol. The number of carbonyl (C=O) groups excluding carboxylic acids is 1. The number of esters is 1. The van der Waals surface area contributed by atoms with Gasteiger partial charge in [0.2, 0.25) is 0 Å². The first-order valence-electron chi connectivity index (χ1n) is 6.47. The number of benzene rings is 2. The minimum absolute atomic E-state index is 0.0663. The number of rotatable bonds is 5. The summed E-state index contributed by atoms with van der Waals surface area (Å²) < 4.78 is 11.0. The lowest BCUT2D eigenvalue weighted by atomic mass is 10.2. The van der Waals surface area contributed by atoms with E-state index in [0.29, 0.717) is 5.75 Å². The van der Waals surface area contributed by atoms with E-state index in [4.69, 9.17) is 9.47 Å². The normalized spacial score (nSPS) is 10.5. The van der Waals surface area contributed by atoms with Crippen LogP contribution in [0, 0.1) is 10.1 Å². The third kappa shape index (κ3) is 4.65. The molecule has 0 aromatic heterocycles. The first-order valence-corrected chi connectivity index (χ1v) is 7.27. The maximum absolute atomic E-state index is 11.7. The Morgan fingerprint density at radius 2 is 1.91 bits per heavy atom. The predicted molar refractivity (Wildman–Crippen MR) is 88.5 cm³/mol. The minimum atomic E-state index is -0.578. The van der Waals surface area contributed by atoms with Gasteiger partial charge in [-0.1, -0.05) is 6.07 Å². The summed E-state index contributed by atoms with van der Waals surface area (Å²) in [6, 6.07) is 10.6. The van der Waals surface area contributed by atoms with Crippen molar-refractivity contribution >= 4 is 33.7 Å². The first-order chi connectivity index (χ1) is 11.0. The molecule has 2 aromatic carbocycles. The molecule has 0 spiro atoms. The van der Waals surface area contributed by atoms with Gasteiger partial charge in [0.1, 0.15) is 11.5 Å². The summed E-state index contributed by atoms with van der Waals surface area (Å²) in [7, 11) is 1.57. The fourth-order valence-electron chi connectivity index (χ4n) is 1.74. The van der Waals surface area contributed by atoms with Gasteiger partial charge in [0.25, 0.3) is 5.69 Å². The number of nitro benzene ring substituents is 1. The van der Waals surface area contributed by atoms with Crippen LogP contribution in [0.25, 0.3) is 6.08 Å². The average molecular weight is 378 g/mol. The van der Waals surface area contributed by atoms with Crippen molar-refractivity contribution in [3.05, 3.63) is 68.7 Å². The van der Waals surface area contributed by atoms with Gasteiger partial charge in [0.05, 0.1) is 16.5 Å². The molecule has 0 fully saturated rings. The molecule has 118 valence electrons. The number of methoxy groups -OCH3 is 1. The second-order valence-electron chi connectivity index (χ2n) is 4.40. The highest BCUT2D eigenvalue weighted by molar-refractivity contribution is 9.10. The molecule has 0 bridgehead atoms. The number of non-ortho nitro benzene ring substituents is 1. The highest BCUT2D eigenvalue weighted by Crippen LogP contribution is 2.26. The van der Waals surface area contributed by atoms with Gasteiger partial charge in [-0.25, -0.2) is 4.79 Å². The maximum Gasteiger partial charge on any atom is 0.336 e. The van der Waals surface area contributed by atoms with Crippen LogP contribution < -0.4 is 9.47 Å². The van der Waals surface area contributed by atoms with Gasteiger partial charge in [-0.05, 0) is 51.8 Å². The summed E-state index contributed by atoms with van der Waals surface area (Å²) in [5, 5.41) is 10.5. The second kappa shape index (κ2) is 7.55. The largest absolute Gasteiger partial charge is 0.496 e. The lowest BCUT2D eigenvalue weighted by molar-refractivity contribution is -0.384. The molecule has 0 heterocycles. The Kier molecular flexibility index (Phi) is 5.48. The Bertz CT molecular complexity index is 756. The Morgan fingerprint density at radius 3 is 2.48 bits per heavy atom. The SMILES string of the molecule is COc1ccc(/C=C/C(=O)Oc2ccc([N+](=O)[O-])cc2)cc1Br. The van der Waals surface area contributed by atoms with Gasteiger partial charge in [-0.2, -0.15) is 0 Å². The molecule has 0 N–H and O–H groups in total. The fourth-order valence-corrected chi connectivity index (χ4v) is 2.30. The van der Waals surface area contributed by atoms with Gasteiger partial charge < -0.3 is 9.47 Å². The molecule has 0 unspecified atom stereocenters. The lowest BCUT2D eigenvalue weighted by Gasteiger charge is -2.03. The van der Waals surface area contributed by atoms with Gasteiger partial charge >= 0.3 is 5.97 Å². The summed E-state index contributed by atoms with van der Waals surface area (Å²) in [6.45, 7) is 0. The Morgan fingerprint density at radius 1 is 1.22 bits per heavy atom. The highest BCUT2D eigenvalue weighted by atomic mass is 79.9. The first kappa shape index (κ1) is 16.7. The van der Waals surface area contributed by atoms with Crippen LogP contribution in [-0.2, 0) is 4.79 Å². The van der Waals surface area contributed by atoms with Crippen molar-refractivity contribution in [3.63, 3.8) is 0 Å². The number of halogens is 1. The molecular formula is C16H12BrNO5. The Hall–Kier alpha value is -2.67. The summed E-state index contributed by atoms with van der Waals surface area (Å²) >= 11 is 3.36. The molecule has 7 heteroatoms. The van der Waals surface area contributed by atoms with E-state index in [2.05, 4.69) is 15.9 Å². The number of hydrogen-bond acceptors (Lipinski definition) is 5. The zero-order valence-electron chi connectivity index (χ0n) is 12.1. The number of nitrogens with zero attached hydrogens (tertiary/aromatic N) is 1.